The second-order valence-corrected chi connectivity index (χ2v) is 3.82. The Hall–Kier alpha value is -2.38. The molecule has 1 aliphatic heterocycles. The van der Waals surface area contributed by atoms with Crippen LogP contribution in [0.1, 0.15) is 12.5 Å². The monoisotopic (exact) mass is 286 g/mol. The lowest BCUT2D eigenvalue weighted by molar-refractivity contribution is -0.137. The smallest absolute Gasteiger partial charge is 0.416 e. The number of anilines is 1. The summed E-state index contributed by atoms with van der Waals surface area (Å²) in [6.07, 6.45) is -2.77. The highest BCUT2D eigenvalue weighted by Gasteiger charge is 2.37. The SMILES string of the molecule is CCOC1=CC(=O)N(c2cc(C(F)(F)F)ccn2)C1=O. The average Bonchev–Trinajstić information content (AvgIpc) is 2.64. The first-order valence-electron chi connectivity index (χ1n) is 5.60. The maximum absolute atomic E-state index is 12.6. The summed E-state index contributed by atoms with van der Waals surface area (Å²) in [4.78, 5) is 27.7. The predicted molar refractivity (Wildman–Crippen MR) is 61.4 cm³/mol. The Morgan fingerprint density at radius 1 is 1.35 bits per heavy atom. The van der Waals surface area contributed by atoms with E-state index in [1.54, 1.807) is 6.92 Å². The van der Waals surface area contributed by atoms with Gasteiger partial charge < -0.3 is 4.74 Å². The number of imide groups is 1. The van der Waals surface area contributed by atoms with Crippen LogP contribution in [0.5, 0.6) is 0 Å². The Kier molecular flexibility index (Phi) is 3.47. The van der Waals surface area contributed by atoms with Crippen molar-refractivity contribution in [1.82, 2.24) is 4.98 Å². The van der Waals surface area contributed by atoms with E-state index in [0.717, 1.165) is 18.3 Å². The molecule has 0 N–H and O–H groups in total. The summed E-state index contributed by atoms with van der Waals surface area (Å²) in [5, 5.41) is 0. The van der Waals surface area contributed by atoms with Crippen molar-refractivity contribution >= 4 is 17.6 Å². The first kappa shape index (κ1) is 14.0. The minimum atomic E-state index is -4.58. The lowest BCUT2D eigenvalue weighted by Gasteiger charge is -2.15. The van der Waals surface area contributed by atoms with Gasteiger partial charge in [0.05, 0.1) is 18.2 Å². The first-order valence-corrected chi connectivity index (χ1v) is 5.60. The molecule has 0 unspecified atom stereocenters. The van der Waals surface area contributed by atoms with Gasteiger partial charge >= 0.3 is 12.1 Å². The Balaban J connectivity index is 2.34. The number of amides is 2. The highest BCUT2D eigenvalue weighted by molar-refractivity contribution is 6.29. The highest BCUT2D eigenvalue weighted by atomic mass is 19.4. The third-order valence-corrected chi connectivity index (χ3v) is 2.49. The molecular weight excluding hydrogens is 277 g/mol. The summed E-state index contributed by atoms with van der Waals surface area (Å²) in [6, 6.07) is 1.39. The third-order valence-electron chi connectivity index (χ3n) is 2.49. The van der Waals surface area contributed by atoms with Crippen LogP contribution in [0.25, 0.3) is 0 Å². The molecule has 0 aliphatic carbocycles. The number of hydrogen-bond acceptors (Lipinski definition) is 4. The molecule has 2 amide bonds. The molecule has 20 heavy (non-hydrogen) atoms. The maximum atomic E-state index is 12.6. The quantitative estimate of drug-likeness (QED) is 0.796. The van der Waals surface area contributed by atoms with E-state index < -0.39 is 23.6 Å². The average molecular weight is 286 g/mol. The largest absolute Gasteiger partial charge is 0.488 e. The standard InChI is InChI=1S/C12H9F3N2O3/c1-2-20-8-6-10(18)17(11(8)19)9-5-7(3-4-16-9)12(13,14)15/h3-6H,2H2,1H3. The van der Waals surface area contributed by atoms with E-state index in [2.05, 4.69) is 4.98 Å². The number of rotatable bonds is 3. The van der Waals surface area contributed by atoms with Crippen LogP contribution in [-0.2, 0) is 20.5 Å². The zero-order valence-electron chi connectivity index (χ0n) is 10.3. The fourth-order valence-corrected chi connectivity index (χ4v) is 1.64. The summed E-state index contributed by atoms with van der Waals surface area (Å²) in [7, 11) is 0. The minimum Gasteiger partial charge on any atom is -0.488 e. The van der Waals surface area contributed by atoms with Gasteiger partial charge in [0.25, 0.3) is 5.91 Å². The Morgan fingerprint density at radius 3 is 2.65 bits per heavy atom. The van der Waals surface area contributed by atoms with Gasteiger partial charge in [-0.3, -0.25) is 9.59 Å². The molecule has 106 valence electrons. The number of carbonyl (C=O) groups is 2. The number of halogens is 3. The molecule has 0 fully saturated rings. The number of alkyl halides is 3. The van der Waals surface area contributed by atoms with Crippen molar-refractivity contribution in [2.24, 2.45) is 0 Å². The second kappa shape index (κ2) is 4.95. The van der Waals surface area contributed by atoms with Crippen LogP contribution < -0.4 is 4.90 Å². The number of nitrogens with zero attached hydrogens (tertiary/aromatic N) is 2. The van der Waals surface area contributed by atoms with Crippen molar-refractivity contribution in [2.75, 3.05) is 11.5 Å². The fourth-order valence-electron chi connectivity index (χ4n) is 1.64. The molecule has 0 saturated heterocycles. The Morgan fingerprint density at radius 2 is 2.05 bits per heavy atom. The lowest BCUT2D eigenvalue weighted by Crippen LogP contribution is -2.32. The Labute approximate surface area is 111 Å². The van der Waals surface area contributed by atoms with E-state index in [4.69, 9.17) is 4.74 Å². The first-order chi connectivity index (χ1) is 9.34. The lowest BCUT2D eigenvalue weighted by atomic mass is 10.2. The van der Waals surface area contributed by atoms with Gasteiger partial charge in [0.2, 0.25) is 0 Å². The van der Waals surface area contributed by atoms with Gasteiger partial charge in [-0.25, -0.2) is 9.88 Å². The molecule has 8 heteroatoms. The van der Waals surface area contributed by atoms with Crippen molar-refractivity contribution in [1.29, 1.82) is 0 Å². The Bertz CT molecular complexity index is 596. The summed E-state index contributed by atoms with van der Waals surface area (Å²) in [5.41, 5.74) is -0.993. The van der Waals surface area contributed by atoms with Crippen LogP contribution in [0.15, 0.2) is 30.2 Å². The molecule has 1 aliphatic rings. The van der Waals surface area contributed by atoms with Gasteiger partial charge in [0.15, 0.2) is 5.76 Å². The van der Waals surface area contributed by atoms with Gasteiger partial charge in [-0.05, 0) is 19.1 Å². The summed E-state index contributed by atoms with van der Waals surface area (Å²) >= 11 is 0. The van der Waals surface area contributed by atoms with Crippen LogP contribution >= 0.6 is 0 Å². The third kappa shape index (κ3) is 2.49. The second-order valence-electron chi connectivity index (χ2n) is 3.82. The maximum Gasteiger partial charge on any atom is 0.416 e. The van der Waals surface area contributed by atoms with Crippen molar-refractivity contribution in [3.05, 3.63) is 35.7 Å². The van der Waals surface area contributed by atoms with Crippen molar-refractivity contribution in [3.8, 4) is 0 Å². The molecule has 5 nitrogen and oxygen atoms in total. The molecule has 0 radical (unpaired) electrons. The molecule has 2 rings (SSSR count). The zero-order valence-corrected chi connectivity index (χ0v) is 10.3. The van der Waals surface area contributed by atoms with E-state index in [0.29, 0.717) is 11.0 Å². The van der Waals surface area contributed by atoms with E-state index in [1.165, 1.54) is 0 Å². The summed E-state index contributed by atoms with van der Waals surface area (Å²) in [5.74, 6) is -2.22. The van der Waals surface area contributed by atoms with E-state index >= 15 is 0 Å². The van der Waals surface area contributed by atoms with Crippen LogP contribution in [0, 0.1) is 0 Å². The normalized spacial score (nSPS) is 15.6. The minimum absolute atomic E-state index is 0.161. The highest BCUT2D eigenvalue weighted by Crippen LogP contribution is 2.31. The molecule has 0 spiro atoms. The molecule has 0 saturated carbocycles. The fraction of sp³-hybridized carbons (Fsp3) is 0.250. The number of pyridine rings is 1. The van der Waals surface area contributed by atoms with Gasteiger partial charge in [0, 0.05) is 6.20 Å². The molecule has 0 atom stereocenters. The number of ether oxygens (including phenoxy) is 1. The van der Waals surface area contributed by atoms with Gasteiger partial charge in [0.1, 0.15) is 5.82 Å². The summed E-state index contributed by atoms with van der Waals surface area (Å²) < 4.78 is 42.7. The van der Waals surface area contributed by atoms with Gasteiger partial charge in [-0.2, -0.15) is 13.2 Å². The molecule has 2 heterocycles. The molecule has 1 aromatic rings. The van der Waals surface area contributed by atoms with E-state index in [-0.39, 0.29) is 18.2 Å². The van der Waals surface area contributed by atoms with Gasteiger partial charge in [-0.1, -0.05) is 0 Å². The van der Waals surface area contributed by atoms with Gasteiger partial charge in [-0.15, -0.1) is 0 Å². The molecule has 0 bridgehead atoms. The van der Waals surface area contributed by atoms with Crippen molar-refractivity contribution < 1.29 is 27.5 Å². The molecule has 1 aromatic heterocycles. The summed E-state index contributed by atoms with van der Waals surface area (Å²) in [6.45, 7) is 1.78. The van der Waals surface area contributed by atoms with Crippen LogP contribution in [0.2, 0.25) is 0 Å². The van der Waals surface area contributed by atoms with Crippen molar-refractivity contribution in [2.45, 2.75) is 13.1 Å². The number of carbonyl (C=O) groups excluding carboxylic acids is 2. The van der Waals surface area contributed by atoms with Crippen LogP contribution in [0.3, 0.4) is 0 Å². The predicted octanol–water partition coefficient (Wildman–Crippen LogP) is 1.89. The van der Waals surface area contributed by atoms with Crippen molar-refractivity contribution in [3.63, 3.8) is 0 Å². The zero-order chi connectivity index (χ0) is 14.9. The number of aromatic nitrogens is 1. The van der Waals surface area contributed by atoms with Crippen LogP contribution in [0.4, 0.5) is 19.0 Å². The molecule has 0 aromatic carbocycles. The van der Waals surface area contributed by atoms with E-state index in [1.807, 2.05) is 0 Å². The van der Waals surface area contributed by atoms with E-state index in [9.17, 15) is 22.8 Å². The van der Waals surface area contributed by atoms with Crippen LogP contribution in [-0.4, -0.2) is 23.4 Å². The topological polar surface area (TPSA) is 59.5 Å². The number of hydrogen-bond donors (Lipinski definition) is 0. The molecular formula is C12H9F3N2O3.